The van der Waals surface area contributed by atoms with Crippen molar-refractivity contribution in [2.45, 2.75) is 113 Å². The first-order chi connectivity index (χ1) is 28.3. The van der Waals surface area contributed by atoms with E-state index in [2.05, 4.69) is 22.3 Å². The van der Waals surface area contributed by atoms with Crippen LogP contribution < -0.4 is 16.2 Å². The molecule has 3 amide bonds. The maximum absolute atomic E-state index is 14.7. The number of esters is 1. The van der Waals surface area contributed by atoms with E-state index in [4.69, 9.17) is 9.47 Å². The lowest BCUT2D eigenvalue weighted by Gasteiger charge is -2.29. The van der Waals surface area contributed by atoms with E-state index in [1.807, 2.05) is 70.1 Å². The van der Waals surface area contributed by atoms with Gasteiger partial charge in [-0.15, -0.1) is 6.58 Å². The third kappa shape index (κ3) is 9.78. The first-order valence-electron chi connectivity index (χ1n) is 20.3. The van der Waals surface area contributed by atoms with Gasteiger partial charge in [0, 0.05) is 24.9 Å². The fourth-order valence-electron chi connectivity index (χ4n) is 8.01. The summed E-state index contributed by atoms with van der Waals surface area (Å²) in [5, 5.41) is 18.2. The zero-order valence-corrected chi connectivity index (χ0v) is 34.3. The molecular formula is C44H51N5O7S2. The second kappa shape index (κ2) is 19.1. The highest BCUT2D eigenvalue weighted by Gasteiger charge is 2.55. The average Bonchev–Trinajstić information content (AvgIpc) is 3.85. The van der Waals surface area contributed by atoms with Crippen LogP contribution in [0.5, 0.6) is 0 Å². The number of hydrogen-bond donors (Lipinski definition) is 2. The summed E-state index contributed by atoms with van der Waals surface area (Å²) in [5.74, 6) is -1.49. The number of allylic oxidation sites excluding steroid dienone is 1. The van der Waals surface area contributed by atoms with Crippen LogP contribution in [0.3, 0.4) is 0 Å². The number of benzene rings is 1. The molecule has 0 spiro atoms. The maximum Gasteiger partial charge on any atom is 0.408 e. The first kappa shape index (κ1) is 41.1. The average molecular weight is 826 g/mol. The van der Waals surface area contributed by atoms with Crippen molar-refractivity contribution in [3.05, 3.63) is 98.8 Å². The molecule has 0 radical (unpaired) electrons. The highest BCUT2D eigenvalue weighted by atomic mass is 32.1. The van der Waals surface area contributed by atoms with Crippen LogP contribution in [0.25, 0.3) is 22.3 Å². The predicted molar refractivity (Wildman–Crippen MR) is 224 cm³/mol. The molecule has 2 N–H and O–H groups in total. The number of hydrogen-bond acceptors (Lipinski definition) is 10. The fraction of sp³-hybridized carbons (Fsp3) is 0.455. The molecule has 1 aliphatic heterocycles. The van der Waals surface area contributed by atoms with Crippen LogP contribution in [-0.2, 0) is 30.3 Å². The Labute approximate surface area is 346 Å². The normalized spacial score (nSPS) is 19.0. The van der Waals surface area contributed by atoms with Crippen LogP contribution in [0.15, 0.2) is 87.6 Å². The van der Waals surface area contributed by atoms with Crippen molar-refractivity contribution in [3.63, 3.8) is 0 Å². The Morgan fingerprint density at radius 2 is 1.72 bits per heavy atom. The van der Waals surface area contributed by atoms with Gasteiger partial charge in [0.05, 0.1) is 24.4 Å². The molecule has 14 heteroatoms. The SMILES string of the molecule is C=CCCCCC[C@H](NC(=O)OC1CCCC1)C(=O)N1C[C@H](n2ncc(-c3ccsc3)c(-c3ccsc3)c2=O)C[C@H]1C(=O)NC1(C(=O)OCCc2ccccc2)CC1. The van der Waals surface area contributed by atoms with E-state index in [9.17, 15) is 24.0 Å². The second-order valence-electron chi connectivity index (χ2n) is 15.5. The topological polar surface area (TPSA) is 149 Å². The minimum Gasteiger partial charge on any atom is -0.464 e. The van der Waals surface area contributed by atoms with Crippen molar-refractivity contribution in [1.82, 2.24) is 25.3 Å². The molecule has 1 aromatic carbocycles. The van der Waals surface area contributed by atoms with Gasteiger partial charge in [-0.05, 0) is 108 Å². The summed E-state index contributed by atoms with van der Waals surface area (Å²) in [7, 11) is 0. The molecule has 7 rings (SSSR count). The lowest BCUT2D eigenvalue weighted by atomic mass is 10.0. The zero-order chi connectivity index (χ0) is 40.5. The Morgan fingerprint density at radius 1 is 0.983 bits per heavy atom. The van der Waals surface area contributed by atoms with E-state index in [1.54, 1.807) is 6.20 Å². The van der Waals surface area contributed by atoms with Crippen LogP contribution in [0.4, 0.5) is 4.79 Å². The van der Waals surface area contributed by atoms with Crippen LogP contribution in [0.1, 0.15) is 88.7 Å². The minimum atomic E-state index is -1.20. The summed E-state index contributed by atoms with van der Waals surface area (Å²) < 4.78 is 12.8. The molecule has 2 aliphatic carbocycles. The number of carbonyl (C=O) groups excluding carboxylic acids is 4. The summed E-state index contributed by atoms with van der Waals surface area (Å²) in [4.78, 5) is 71.7. The van der Waals surface area contributed by atoms with Gasteiger partial charge in [0.1, 0.15) is 23.7 Å². The Bertz CT molecular complexity index is 2090. The van der Waals surface area contributed by atoms with Crippen LogP contribution in [-0.4, -0.2) is 75.4 Å². The first-order valence-corrected chi connectivity index (χ1v) is 22.2. The Hall–Kier alpha value is -5.08. The lowest BCUT2D eigenvalue weighted by Crippen LogP contribution is -2.56. The van der Waals surface area contributed by atoms with Crippen LogP contribution in [0.2, 0.25) is 0 Å². The number of carbonyl (C=O) groups is 4. The maximum atomic E-state index is 14.7. The molecule has 12 nitrogen and oxygen atoms in total. The van der Waals surface area contributed by atoms with Gasteiger partial charge < -0.3 is 25.0 Å². The molecule has 3 fully saturated rings. The largest absolute Gasteiger partial charge is 0.464 e. The van der Waals surface area contributed by atoms with Gasteiger partial charge in [-0.25, -0.2) is 14.3 Å². The van der Waals surface area contributed by atoms with Crippen molar-refractivity contribution in [2.75, 3.05) is 13.2 Å². The van der Waals surface area contributed by atoms with E-state index >= 15 is 0 Å². The minimum absolute atomic E-state index is 0.00839. The highest BCUT2D eigenvalue weighted by Crippen LogP contribution is 2.39. The fourth-order valence-corrected chi connectivity index (χ4v) is 9.31. The molecule has 0 bridgehead atoms. The van der Waals surface area contributed by atoms with Gasteiger partial charge in [-0.2, -0.15) is 27.8 Å². The molecule has 3 aromatic heterocycles. The molecule has 3 atom stereocenters. The lowest BCUT2D eigenvalue weighted by molar-refractivity contribution is -0.150. The molecule has 58 heavy (non-hydrogen) atoms. The van der Waals surface area contributed by atoms with Crippen molar-refractivity contribution in [2.24, 2.45) is 0 Å². The predicted octanol–water partition coefficient (Wildman–Crippen LogP) is 7.45. The molecule has 1 saturated heterocycles. The van der Waals surface area contributed by atoms with Gasteiger partial charge in [-0.1, -0.05) is 49.2 Å². The van der Waals surface area contributed by atoms with E-state index in [-0.39, 0.29) is 31.2 Å². The number of ether oxygens (including phenoxy) is 2. The molecule has 4 heterocycles. The zero-order valence-electron chi connectivity index (χ0n) is 32.6. The quantitative estimate of drug-likeness (QED) is 0.0597. The van der Waals surface area contributed by atoms with Crippen molar-refractivity contribution in [3.8, 4) is 22.3 Å². The molecular weight excluding hydrogens is 775 g/mol. The number of aromatic nitrogens is 2. The number of nitrogens with zero attached hydrogens (tertiary/aromatic N) is 3. The molecule has 2 saturated carbocycles. The smallest absolute Gasteiger partial charge is 0.408 e. The molecule has 4 aromatic rings. The van der Waals surface area contributed by atoms with Gasteiger partial charge in [0.25, 0.3) is 5.56 Å². The van der Waals surface area contributed by atoms with E-state index in [0.29, 0.717) is 43.2 Å². The van der Waals surface area contributed by atoms with Gasteiger partial charge in [0.15, 0.2) is 0 Å². The van der Waals surface area contributed by atoms with Crippen molar-refractivity contribution in [1.29, 1.82) is 0 Å². The number of thiophene rings is 2. The highest BCUT2D eigenvalue weighted by molar-refractivity contribution is 7.08. The molecule has 306 valence electrons. The van der Waals surface area contributed by atoms with E-state index in [0.717, 1.165) is 61.6 Å². The third-order valence-corrected chi connectivity index (χ3v) is 12.8. The number of rotatable bonds is 18. The summed E-state index contributed by atoms with van der Waals surface area (Å²) >= 11 is 3.01. The van der Waals surface area contributed by atoms with Gasteiger partial charge >= 0.3 is 12.1 Å². The Kier molecular flexibility index (Phi) is 13.5. The molecule has 0 unspecified atom stereocenters. The van der Waals surface area contributed by atoms with Crippen LogP contribution >= 0.6 is 22.7 Å². The summed E-state index contributed by atoms with van der Waals surface area (Å²) in [6, 6.07) is 10.8. The monoisotopic (exact) mass is 825 g/mol. The van der Waals surface area contributed by atoms with Gasteiger partial charge in [0.2, 0.25) is 11.8 Å². The van der Waals surface area contributed by atoms with E-state index < -0.39 is 47.5 Å². The summed E-state index contributed by atoms with van der Waals surface area (Å²) in [5.41, 5.74) is 2.32. The number of likely N-dealkylation sites (tertiary alicyclic amines) is 1. The number of unbranched alkanes of at least 4 members (excludes halogenated alkanes) is 3. The Balaban J connectivity index is 1.15. The number of amides is 3. The molecule has 3 aliphatic rings. The van der Waals surface area contributed by atoms with Crippen LogP contribution in [0, 0.1) is 0 Å². The second-order valence-corrected chi connectivity index (χ2v) is 17.0. The summed E-state index contributed by atoms with van der Waals surface area (Å²) in [6.07, 6.45) is 11.1. The van der Waals surface area contributed by atoms with Crippen molar-refractivity contribution >= 4 is 46.6 Å². The third-order valence-electron chi connectivity index (χ3n) is 11.4. The van der Waals surface area contributed by atoms with E-state index in [1.165, 1.54) is 32.3 Å². The van der Waals surface area contributed by atoms with Crippen molar-refractivity contribution < 1.29 is 28.7 Å². The number of alkyl carbamates (subject to hydrolysis) is 1. The van der Waals surface area contributed by atoms with Gasteiger partial charge in [-0.3, -0.25) is 14.4 Å². The standard InChI is InChI=1S/C44H51N5O7S2/c1-2-3-4-5-9-16-36(46-43(54)56-34-14-10-11-15-34)40(51)48-27-33(49-41(52)38(32-19-24-58-29-32)35(26-45-49)31-18-23-57-28-31)25-37(48)39(50)47-44(20-21-44)42(53)55-22-17-30-12-7-6-8-13-30/h2,6-8,12-13,18-19,23-24,26,28-29,33-34,36-37H,1,3-5,9-11,14-17,20-22,25,27H2,(H,46,54)(H,47,50)/t33-,36+,37+/m1/s1. The summed E-state index contributed by atoms with van der Waals surface area (Å²) in [6.45, 7) is 3.96. The number of nitrogens with one attached hydrogen (secondary N) is 2. The Morgan fingerprint density at radius 3 is 2.41 bits per heavy atom.